The van der Waals surface area contributed by atoms with Gasteiger partial charge < -0.3 is 102 Å². The molecule has 0 radical (unpaired) electrons. The first-order chi connectivity index (χ1) is 67.5. The number of carbonyl (C=O) groups excluding carboxylic acids is 14. The average Bonchev–Trinajstić information content (AvgIpc) is 1.60. The number of nitrogen functional groups attached to an aromatic ring is 2. The Labute approximate surface area is 825 Å². The van der Waals surface area contributed by atoms with Gasteiger partial charge in [0.2, 0.25) is 23.6 Å². The maximum Gasteiger partial charge on any atom is 0.304 e. The van der Waals surface area contributed by atoms with Gasteiger partial charge in [-0.1, -0.05) is 69.5 Å². The Hall–Kier alpha value is -10.4. The number of hydrogen-bond acceptors (Lipinski definition) is 34. The van der Waals surface area contributed by atoms with Crippen LogP contribution in [0.1, 0.15) is 218 Å². The second kappa shape index (κ2) is 71.1. The van der Waals surface area contributed by atoms with Gasteiger partial charge in [0.05, 0.1) is 176 Å². The van der Waals surface area contributed by atoms with Crippen LogP contribution < -0.4 is 45.0 Å². The van der Waals surface area contributed by atoms with Crippen molar-refractivity contribution < 1.29 is 125 Å². The van der Waals surface area contributed by atoms with Crippen molar-refractivity contribution >= 4 is 172 Å². The topological polar surface area (TPSA) is 629 Å². The molecule has 42 heteroatoms. The molecule has 4 heterocycles. The van der Waals surface area contributed by atoms with E-state index in [0.717, 1.165) is 132 Å². The zero-order valence-electron chi connectivity index (χ0n) is 81.2. The van der Waals surface area contributed by atoms with Crippen molar-refractivity contribution in [1.82, 2.24) is 39.7 Å². The number of aromatic nitrogens is 6. The number of amides is 4. The summed E-state index contributed by atoms with van der Waals surface area (Å²) in [6.45, 7) is 9.72. The molecular weight excluding hydrogens is 1850 g/mol. The lowest BCUT2D eigenvalue weighted by atomic mass is 10.0. The number of imidazole rings is 2. The van der Waals surface area contributed by atoms with Gasteiger partial charge in [-0.15, -0.1) is 23.5 Å². The Balaban J connectivity index is 0.000000494. The molecule has 0 spiro atoms. The van der Waals surface area contributed by atoms with E-state index in [-0.39, 0.29) is 250 Å². The molecule has 4 aromatic heterocycles. The highest BCUT2D eigenvalue weighted by Crippen LogP contribution is 2.33. The normalized spacial score (nSPS) is 12.3. The SMILES string of the molecule is CCCCc1nc2c(N)nc3ccccc3c2n1CCCCCC(=O)CCCC(=O)C(CC(=O)O)SCC(CC(=O)CCOCCOCCOCCOCCCC(=O)CNC(=O)CCC(=O)CN)C(N)=O.CCc1nc2c(N)nc3ccccc3c2n1CCCCCC(=O)CCCC(=O)C(CC(=O)O)SCC(CC(=O)CCOCCOCCOCCOCCCC(=O)CNC(=O)CCC(=O)CN)C(N)=O. The standard InChI is InChI=1S/C50H75N7O13S.C48H71N7O13S/c1-2-3-17-44-56-47-48(40-14-6-7-15-41(40)55-49(47)52)57(44)21-8-4-5-11-36(58)12-9-16-42(62)43(31-46(64)65)71-34-35(50(53)66)30-37(59)20-23-68-25-27-70-29-28-69-26-24-67-22-10-13-39(61)33-54-45(63)19-18-38(60)32-51;1-2-42-54-45-46(38-13-5-6-14-39(38)53-47(45)50)55(42)19-7-3-4-10-34(56)11-8-15-40(60)41(29-44(62)63)69-32-33(48(51)64)28-35(57)18-21-66-23-25-68-27-26-67-24-22-65-20-9-12-37(59)31-52-43(61)17-16-36(58)30-49/h6-7,14-15,35,43H,2-5,8-13,16-34,51H2,1H3,(H2,52,55)(H2,53,66)(H,54,63)(H,64,65);5-6,13-14,33,41H,2-4,7-12,15-32,49H2,1H3,(H2,50,53)(H2,51,64)(H,52,61)(H,62,63). The van der Waals surface area contributed by atoms with Gasteiger partial charge in [-0.2, -0.15) is 0 Å². The van der Waals surface area contributed by atoms with Gasteiger partial charge in [0.15, 0.2) is 23.2 Å². The molecular formula is C98H146N14O26S2. The van der Waals surface area contributed by atoms with Crippen LogP contribution in [0.5, 0.6) is 0 Å². The van der Waals surface area contributed by atoms with E-state index in [1.54, 1.807) is 0 Å². The minimum absolute atomic E-state index is 0.00517. The van der Waals surface area contributed by atoms with Crippen molar-refractivity contribution in [3.05, 3.63) is 60.2 Å². The van der Waals surface area contributed by atoms with E-state index in [1.165, 1.54) is 0 Å². The third-order valence-corrected chi connectivity index (χ3v) is 25.4. The highest BCUT2D eigenvalue weighted by Gasteiger charge is 2.30. The van der Waals surface area contributed by atoms with Gasteiger partial charge in [-0.05, 0) is 69.9 Å². The summed E-state index contributed by atoms with van der Waals surface area (Å²) >= 11 is 1.98. The Morgan fingerprint density at radius 3 is 1.08 bits per heavy atom. The van der Waals surface area contributed by atoms with Crippen molar-refractivity contribution in [3.8, 4) is 0 Å². The number of ether oxygens (including phenoxy) is 8. The number of anilines is 2. The van der Waals surface area contributed by atoms with E-state index >= 15 is 0 Å². The molecule has 0 aliphatic carbocycles. The number of Topliss-reactive ketones (excluding diaryl/α,β-unsaturated/α-hetero) is 10. The minimum Gasteiger partial charge on any atom is -0.481 e. The number of thioether (sulfide) groups is 2. The van der Waals surface area contributed by atoms with Crippen LogP contribution in [0.2, 0.25) is 0 Å². The molecule has 0 saturated carbocycles. The third-order valence-electron chi connectivity index (χ3n) is 22.5. The van der Waals surface area contributed by atoms with Crippen molar-refractivity contribution in [3.63, 3.8) is 0 Å². The first kappa shape index (κ1) is 120. The fraction of sp³-hybridized carbons (Fsp3) is 0.633. The molecule has 6 aromatic rings. The maximum absolute atomic E-state index is 13.1. The number of para-hydroxylation sites is 2. The number of rotatable bonds is 86. The summed E-state index contributed by atoms with van der Waals surface area (Å²) in [5.41, 5.74) is 39.2. The Bertz CT molecular complexity index is 4940. The van der Waals surface area contributed by atoms with Crippen LogP contribution in [0, 0.1) is 11.8 Å². The summed E-state index contributed by atoms with van der Waals surface area (Å²) in [5, 5.41) is 24.1. The number of benzene rings is 2. The molecule has 6 rings (SSSR count). The minimum atomic E-state index is -1.18. The van der Waals surface area contributed by atoms with Gasteiger partial charge >= 0.3 is 11.9 Å². The fourth-order valence-electron chi connectivity index (χ4n) is 14.8. The number of hydrogen-bond donors (Lipinski definition) is 10. The predicted octanol–water partition coefficient (Wildman–Crippen LogP) is 7.71. The summed E-state index contributed by atoms with van der Waals surface area (Å²) in [4.78, 5) is 213. The summed E-state index contributed by atoms with van der Waals surface area (Å²) in [6.07, 6.45) is 10.4. The number of aliphatic carboxylic acids is 2. The Morgan fingerprint density at radius 2 is 0.714 bits per heavy atom. The highest BCUT2D eigenvalue weighted by molar-refractivity contribution is 8.00. The fourth-order valence-corrected chi connectivity index (χ4v) is 17.4. The number of fused-ring (bicyclic) bond motifs is 6. The molecule has 776 valence electrons. The zero-order valence-corrected chi connectivity index (χ0v) is 82.8. The van der Waals surface area contributed by atoms with Crippen molar-refractivity contribution in [2.75, 3.05) is 155 Å². The summed E-state index contributed by atoms with van der Waals surface area (Å²) in [6, 6.07) is 15.7. The summed E-state index contributed by atoms with van der Waals surface area (Å²) < 4.78 is 48.1. The molecule has 0 fully saturated rings. The largest absolute Gasteiger partial charge is 0.481 e. The monoisotopic (exact) mass is 2000 g/mol. The third kappa shape index (κ3) is 49.3. The van der Waals surface area contributed by atoms with Crippen LogP contribution in [-0.4, -0.2) is 287 Å². The van der Waals surface area contributed by atoms with E-state index in [9.17, 15) is 86.9 Å². The van der Waals surface area contributed by atoms with Gasteiger partial charge in [0.1, 0.15) is 68.9 Å². The van der Waals surface area contributed by atoms with Crippen LogP contribution >= 0.6 is 23.5 Å². The van der Waals surface area contributed by atoms with Crippen molar-refractivity contribution in [2.24, 2.45) is 34.8 Å². The molecule has 0 bridgehead atoms. The van der Waals surface area contributed by atoms with Crippen LogP contribution in [0.4, 0.5) is 11.6 Å². The number of ketones is 10. The second-order valence-electron chi connectivity index (χ2n) is 33.8. The molecule has 140 heavy (non-hydrogen) atoms. The number of carboxylic acid groups (broad SMARTS) is 2. The van der Waals surface area contributed by atoms with E-state index in [1.807, 2.05) is 55.5 Å². The average molecular weight is 2000 g/mol. The van der Waals surface area contributed by atoms with E-state index in [0.29, 0.717) is 127 Å². The number of aryl methyl sites for hydroxylation is 4. The van der Waals surface area contributed by atoms with Crippen LogP contribution in [0.25, 0.3) is 43.9 Å². The predicted molar refractivity (Wildman–Crippen MR) is 530 cm³/mol. The highest BCUT2D eigenvalue weighted by atomic mass is 32.2. The van der Waals surface area contributed by atoms with Gasteiger partial charge in [-0.25, -0.2) is 19.9 Å². The van der Waals surface area contributed by atoms with E-state index < -0.39 is 58.9 Å². The van der Waals surface area contributed by atoms with Gasteiger partial charge in [0, 0.05) is 164 Å². The van der Waals surface area contributed by atoms with Gasteiger partial charge in [0.25, 0.3) is 0 Å². The Morgan fingerprint density at radius 1 is 0.364 bits per heavy atom. The molecule has 0 aliphatic rings. The number of nitrogens with two attached hydrogens (primary N) is 6. The summed E-state index contributed by atoms with van der Waals surface area (Å²) in [7, 11) is 0. The molecule has 4 amide bonds. The van der Waals surface area contributed by atoms with Crippen LogP contribution in [-0.2, 0) is 141 Å². The number of primary amides is 2. The van der Waals surface area contributed by atoms with Crippen LogP contribution in [0.15, 0.2) is 48.5 Å². The molecule has 16 N–H and O–H groups in total. The first-order valence-electron chi connectivity index (χ1n) is 48.5. The number of nitrogens with zero attached hydrogens (tertiary/aromatic N) is 6. The van der Waals surface area contributed by atoms with Crippen LogP contribution in [0.3, 0.4) is 0 Å². The maximum atomic E-state index is 13.1. The van der Waals surface area contributed by atoms with E-state index in [2.05, 4.69) is 36.7 Å². The number of pyridine rings is 2. The number of nitrogens with one attached hydrogen (secondary N) is 2. The van der Waals surface area contributed by atoms with Crippen molar-refractivity contribution in [1.29, 1.82) is 0 Å². The number of unbranched alkanes of at least 4 members (excludes halogenated alkanes) is 5. The molecule has 4 unspecified atom stereocenters. The summed E-state index contributed by atoms with van der Waals surface area (Å²) in [5.74, 6) is -5.48. The lowest BCUT2D eigenvalue weighted by Crippen LogP contribution is -2.30. The second-order valence-corrected chi connectivity index (χ2v) is 36.3. The lowest BCUT2D eigenvalue weighted by molar-refractivity contribution is -0.138. The molecule has 0 aliphatic heterocycles. The van der Waals surface area contributed by atoms with Gasteiger partial charge in [-0.3, -0.25) is 76.7 Å². The molecule has 40 nitrogen and oxygen atoms in total. The van der Waals surface area contributed by atoms with Crippen molar-refractivity contribution in [2.45, 2.75) is 243 Å². The molecule has 4 atom stereocenters. The number of carboxylic acids is 2. The smallest absolute Gasteiger partial charge is 0.304 e. The number of carbonyl (C=O) groups is 16. The zero-order chi connectivity index (χ0) is 102. The van der Waals surface area contributed by atoms with E-state index in [4.69, 9.17) is 82.3 Å². The Kier molecular flexibility index (Phi) is 61.0. The quantitative estimate of drug-likeness (QED) is 0.0163. The molecule has 2 aromatic carbocycles. The molecule has 0 saturated heterocycles. The first-order valence-corrected chi connectivity index (χ1v) is 50.6. The lowest BCUT2D eigenvalue weighted by Gasteiger charge is -2.17.